The molecule has 1 atom stereocenters. The van der Waals surface area contributed by atoms with Crippen LogP contribution in [-0.4, -0.2) is 17.6 Å². The standard InChI is InChI=1S/C9H14N2O2S/c1-3-13-8(12)4-7-5-14-9(11-7)6(2)10/h5-6H,3-4,10H2,1-2H3. The molecule has 0 radical (unpaired) electrons. The fourth-order valence-corrected chi connectivity index (χ4v) is 1.75. The summed E-state index contributed by atoms with van der Waals surface area (Å²) in [5, 5.41) is 2.69. The van der Waals surface area contributed by atoms with Crippen molar-refractivity contribution in [2.45, 2.75) is 26.3 Å². The zero-order valence-electron chi connectivity index (χ0n) is 8.32. The van der Waals surface area contributed by atoms with E-state index in [4.69, 9.17) is 10.5 Å². The van der Waals surface area contributed by atoms with Gasteiger partial charge in [0.2, 0.25) is 0 Å². The summed E-state index contributed by atoms with van der Waals surface area (Å²) >= 11 is 1.47. The summed E-state index contributed by atoms with van der Waals surface area (Å²) in [6.07, 6.45) is 0.233. The van der Waals surface area contributed by atoms with E-state index in [1.165, 1.54) is 11.3 Å². The number of hydrogen-bond donors (Lipinski definition) is 1. The van der Waals surface area contributed by atoms with Crippen molar-refractivity contribution in [2.75, 3.05) is 6.61 Å². The molecule has 0 bridgehead atoms. The predicted octanol–water partition coefficient (Wildman–Crippen LogP) is 1.27. The number of nitrogens with zero attached hydrogens (tertiary/aromatic N) is 1. The Hall–Kier alpha value is -0.940. The third-order valence-electron chi connectivity index (χ3n) is 1.59. The first kappa shape index (κ1) is 11.1. The van der Waals surface area contributed by atoms with Gasteiger partial charge in [-0.3, -0.25) is 4.79 Å². The molecule has 78 valence electrons. The molecular weight excluding hydrogens is 200 g/mol. The van der Waals surface area contributed by atoms with Crippen LogP contribution < -0.4 is 5.73 Å². The Bertz CT molecular complexity index is 310. The lowest BCUT2D eigenvalue weighted by Gasteiger charge is -1.99. The van der Waals surface area contributed by atoms with Crippen molar-refractivity contribution >= 4 is 17.3 Å². The summed E-state index contributed by atoms with van der Waals surface area (Å²) in [6.45, 7) is 4.06. The summed E-state index contributed by atoms with van der Waals surface area (Å²) in [7, 11) is 0. The normalized spacial score (nSPS) is 12.5. The molecule has 0 aliphatic heterocycles. The number of carbonyl (C=O) groups excluding carboxylic acids is 1. The molecule has 1 unspecified atom stereocenters. The van der Waals surface area contributed by atoms with E-state index < -0.39 is 0 Å². The molecule has 0 fully saturated rings. The molecule has 0 saturated carbocycles. The molecule has 4 nitrogen and oxygen atoms in total. The van der Waals surface area contributed by atoms with E-state index in [1.54, 1.807) is 6.92 Å². The van der Waals surface area contributed by atoms with Crippen molar-refractivity contribution in [3.8, 4) is 0 Å². The number of aromatic nitrogens is 1. The molecule has 1 heterocycles. The number of carbonyl (C=O) groups is 1. The van der Waals surface area contributed by atoms with Crippen molar-refractivity contribution in [3.05, 3.63) is 16.1 Å². The molecule has 0 aliphatic carbocycles. The van der Waals surface area contributed by atoms with Gasteiger partial charge in [0.25, 0.3) is 0 Å². The van der Waals surface area contributed by atoms with Crippen LogP contribution in [0.4, 0.5) is 0 Å². The van der Waals surface area contributed by atoms with Gasteiger partial charge in [0.15, 0.2) is 0 Å². The quantitative estimate of drug-likeness (QED) is 0.766. The van der Waals surface area contributed by atoms with Crippen LogP contribution in [-0.2, 0) is 16.0 Å². The Morgan fingerprint density at radius 2 is 2.50 bits per heavy atom. The maximum atomic E-state index is 11.1. The lowest BCUT2D eigenvalue weighted by atomic mass is 10.3. The van der Waals surface area contributed by atoms with E-state index in [0.717, 1.165) is 10.7 Å². The fourth-order valence-electron chi connectivity index (χ4n) is 0.973. The zero-order chi connectivity index (χ0) is 10.6. The van der Waals surface area contributed by atoms with Crippen LogP contribution in [0.3, 0.4) is 0 Å². The van der Waals surface area contributed by atoms with E-state index in [2.05, 4.69) is 4.98 Å². The first-order valence-electron chi connectivity index (χ1n) is 4.49. The number of thiazole rings is 1. The van der Waals surface area contributed by atoms with Crippen LogP contribution in [0.15, 0.2) is 5.38 Å². The van der Waals surface area contributed by atoms with Crippen molar-refractivity contribution < 1.29 is 9.53 Å². The highest BCUT2D eigenvalue weighted by molar-refractivity contribution is 7.09. The molecule has 14 heavy (non-hydrogen) atoms. The SMILES string of the molecule is CCOC(=O)Cc1csc(C(C)N)n1. The average molecular weight is 214 g/mol. The molecule has 0 spiro atoms. The lowest BCUT2D eigenvalue weighted by molar-refractivity contribution is -0.142. The van der Waals surface area contributed by atoms with Crippen molar-refractivity contribution in [3.63, 3.8) is 0 Å². The van der Waals surface area contributed by atoms with E-state index in [9.17, 15) is 4.79 Å². The van der Waals surface area contributed by atoms with Gasteiger partial charge in [-0.2, -0.15) is 0 Å². The molecule has 2 N–H and O–H groups in total. The first-order chi connectivity index (χ1) is 6.63. The maximum Gasteiger partial charge on any atom is 0.311 e. The molecule has 1 rings (SSSR count). The van der Waals surface area contributed by atoms with Crippen molar-refractivity contribution in [1.29, 1.82) is 0 Å². The first-order valence-corrected chi connectivity index (χ1v) is 5.37. The van der Waals surface area contributed by atoms with E-state index in [-0.39, 0.29) is 18.4 Å². The van der Waals surface area contributed by atoms with E-state index in [1.807, 2.05) is 12.3 Å². The number of ether oxygens (including phenoxy) is 1. The molecular formula is C9H14N2O2S. The van der Waals surface area contributed by atoms with Gasteiger partial charge < -0.3 is 10.5 Å². The highest BCUT2D eigenvalue weighted by atomic mass is 32.1. The third kappa shape index (κ3) is 3.08. The largest absolute Gasteiger partial charge is 0.466 e. The lowest BCUT2D eigenvalue weighted by Crippen LogP contribution is -2.09. The molecule has 0 aromatic carbocycles. The molecule has 0 saturated heterocycles. The smallest absolute Gasteiger partial charge is 0.311 e. The minimum absolute atomic E-state index is 0.0732. The van der Waals surface area contributed by atoms with Crippen LogP contribution in [0.5, 0.6) is 0 Å². The number of esters is 1. The summed E-state index contributed by atoms with van der Waals surface area (Å²) in [6, 6.07) is -0.0732. The number of hydrogen-bond acceptors (Lipinski definition) is 5. The number of nitrogens with two attached hydrogens (primary N) is 1. The highest BCUT2D eigenvalue weighted by Crippen LogP contribution is 2.16. The van der Waals surface area contributed by atoms with Gasteiger partial charge in [-0.05, 0) is 13.8 Å². The minimum atomic E-state index is -0.242. The van der Waals surface area contributed by atoms with Gasteiger partial charge in [-0.1, -0.05) is 0 Å². The monoisotopic (exact) mass is 214 g/mol. The maximum absolute atomic E-state index is 11.1. The van der Waals surface area contributed by atoms with Crippen molar-refractivity contribution in [1.82, 2.24) is 4.98 Å². The third-order valence-corrected chi connectivity index (χ3v) is 2.68. The molecule has 1 aromatic heterocycles. The Morgan fingerprint density at radius 3 is 3.00 bits per heavy atom. The van der Waals surface area contributed by atoms with Gasteiger partial charge in [-0.25, -0.2) is 4.98 Å². The molecule has 1 aromatic rings. The van der Waals surface area contributed by atoms with Crippen LogP contribution in [0.25, 0.3) is 0 Å². The highest BCUT2D eigenvalue weighted by Gasteiger charge is 2.09. The second-order valence-electron chi connectivity index (χ2n) is 2.95. The van der Waals surface area contributed by atoms with Gasteiger partial charge in [0.1, 0.15) is 5.01 Å². The molecule has 0 aliphatic rings. The fraction of sp³-hybridized carbons (Fsp3) is 0.556. The molecule has 0 amide bonds. The summed E-state index contributed by atoms with van der Waals surface area (Å²) in [5.74, 6) is -0.242. The number of rotatable bonds is 4. The zero-order valence-corrected chi connectivity index (χ0v) is 9.13. The predicted molar refractivity (Wildman–Crippen MR) is 55.1 cm³/mol. The van der Waals surface area contributed by atoms with Gasteiger partial charge in [0.05, 0.1) is 24.8 Å². The van der Waals surface area contributed by atoms with Gasteiger partial charge in [0, 0.05) is 5.38 Å². The van der Waals surface area contributed by atoms with E-state index in [0.29, 0.717) is 6.61 Å². The second-order valence-corrected chi connectivity index (χ2v) is 3.84. The molecule has 5 heteroatoms. The summed E-state index contributed by atoms with van der Waals surface area (Å²) < 4.78 is 4.81. The van der Waals surface area contributed by atoms with Crippen LogP contribution in [0.2, 0.25) is 0 Å². The Balaban J connectivity index is 2.55. The summed E-state index contributed by atoms with van der Waals surface area (Å²) in [4.78, 5) is 15.3. The van der Waals surface area contributed by atoms with Gasteiger partial charge >= 0.3 is 5.97 Å². The van der Waals surface area contributed by atoms with Crippen LogP contribution >= 0.6 is 11.3 Å². The van der Waals surface area contributed by atoms with Crippen LogP contribution in [0, 0.1) is 0 Å². The van der Waals surface area contributed by atoms with Crippen LogP contribution in [0.1, 0.15) is 30.6 Å². The average Bonchev–Trinajstić information content (AvgIpc) is 2.53. The Labute approximate surface area is 87.1 Å². The van der Waals surface area contributed by atoms with E-state index >= 15 is 0 Å². The Morgan fingerprint density at radius 1 is 1.79 bits per heavy atom. The second kappa shape index (κ2) is 5.07. The Kier molecular flexibility index (Phi) is 4.03. The van der Waals surface area contributed by atoms with Gasteiger partial charge in [-0.15, -0.1) is 11.3 Å². The topological polar surface area (TPSA) is 65.2 Å². The minimum Gasteiger partial charge on any atom is -0.466 e. The summed E-state index contributed by atoms with van der Waals surface area (Å²) in [5.41, 5.74) is 6.39. The van der Waals surface area contributed by atoms with Crippen molar-refractivity contribution in [2.24, 2.45) is 5.73 Å².